The fourth-order valence-electron chi connectivity index (χ4n) is 7.24. The Bertz CT molecular complexity index is 4270. The average Bonchev–Trinajstić information content (AvgIpc) is 3.34. The van der Waals surface area contributed by atoms with Crippen molar-refractivity contribution in [3.05, 3.63) is 115 Å². The van der Waals surface area contributed by atoms with Crippen LogP contribution in [-0.4, -0.2) is 79.4 Å². The van der Waals surface area contributed by atoms with Crippen molar-refractivity contribution in [1.82, 2.24) is 0 Å². The molecule has 26 nitrogen and oxygen atoms in total. The van der Waals surface area contributed by atoms with Crippen molar-refractivity contribution in [3.63, 3.8) is 0 Å². The lowest BCUT2D eigenvalue weighted by Gasteiger charge is -2.13. The summed E-state index contributed by atoms with van der Waals surface area (Å²) in [4.78, 5) is -3.75. The van der Waals surface area contributed by atoms with Gasteiger partial charge in [0.15, 0.2) is 17.2 Å². The molecule has 0 radical (unpaired) electrons. The zero-order valence-electron chi connectivity index (χ0n) is 37.1. The van der Waals surface area contributed by atoms with Gasteiger partial charge in [-0.1, -0.05) is 18.2 Å². The molecule has 0 fully saturated rings. The number of methoxy groups -OCH3 is 1. The Morgan fingerprint density at radius 1 is 0.446 bits per heavy atom. The molecule has 0 saturated heterocycles. The number of nitrogens with two attached hydrogens (primary N) is 1. The quantitative estimate of drug-likeness (QED) is 0.0277. The Balaban J connectivity index is 1.17. The highest BCUT2D eigenvalue weighted by Gasteiger charge is 2.27. The first kappa shape index (κ1) is 51.9. The van der Waals surface area contributed by atoms with E-state index in [1.807, 2.05) is 0 Å². The van der Waals surface area contributed by atoms with Crippen molar-refractivity contribution in [2.75, 3.05) is 12.8 Å². The smallest absolute Gasteiger partial charge is 0.296 e. The van der Waals surface area contributed by atoms with Crippen LogP contribution >= 0.6 is 0 Å². The minimum Gasteiger partial charge on any atom is -0.505 e. The summed E-state index contributed by atoms with van der Waals surface area (Å²) in [6.45, 7) is -0.516. The molecular weight excluding hydrogens is 1050 g/mol. The van der Waals surface area contributed by atoms with Gasteiger partial charge < -0.3 is 30.9 Å². The van der Waals surface area contributed by atoms with Crippen LogP contribution in [-0.2, 0) is 47.1 Å². The van der Waals surface area contributed by atoms with E-state index in [4.69, 9.17) is 10.5 Å². The topological polar surface area (TPSA) is 433 Å². The van der Waals surface area contributed by atoms with Gasteiger partial charge in [-0.15, -0.1) is 30.7 Å². The Morgan fingerprint density at radius 3 is 1.58 bits per heavy atom. The second-order valence-electron chi connectivity index (χ2n) is 15.5. The molecule has 8 rings (SSSR count). The molecule has 8 aromatic carbocycles. The number of ether oxygens (including phenoxy) is 1. The monoisotopic (exact) mass is 1090 g/mol. The van der Waals surface area contributed by atoms with E-state index in [-0.39, 0.29) is 55.9 Å². The summed E-state index contributed by atoms with van der Waals surface area (Å²) in [5, 5.41) is 73.8. The third-order valence-corrected chi connectivity index (χ3v) is 14.3. The number of benzene rings is 8. The van der Waals surface area contributed by atoms with Crippen LogP contribution < -0.4 is 10.5 Å². The Morgan fingerprint density at radius 2 is 0.946 bits per heavy atom. The highest BCUT2D eigenvalue weighted by molar-refractivity contribution is 7.86. The molecule has 0 aromatic heterocycles. The first-order valence-corrected chi connectivity index (χ1v) is 26.1. The molecular formula is C44H33N9O17S4. The molecule has 0 heterocycles. The third kappa shape index (κ3) is 10.5. The minimum atomic E-state index is -5.32. The Labute approximate surface area is 416 Å². The predicted molar refractivity (Wildman–Crippen MR) is 263 cm³/mol. The summed E-state index contributed by atoms with van der Waals surface area (Å²) < 4.78 is 145. The normalized spacial score (nSPS) is 12.9. The van der Waals surface area contributed by atoms with Crippen LogP contribution in [0.25, 0.3) is 32.3 Å². The highest BCUT2D eigenvalue weighted by atomic mass is 32.2. The second-order valence-corrected chi connectivity index (χ2v) is 21.0. The molecule has 0 bridgehead atoms. The fraction of sp³-hybridized carbons (Fsp3) is 0.0455. The Hall–Kier alpha value is -8.46. The zero-order valence-corrected chi connectivity index (χ0v) is 40.4. The summed E-state index contributed by atoms with van der Waals surface area (Å²) in [6.07, 6.45) is 0. The number of nitrogens with zero attached hydrogens (tertiary/aromatic N) is 8. The van der Waals surface area contributed by atoms with Crippen LogP contribution in [0, 0.1) is 0 Å². The molecule has 380 valence electrons. The Kier molecular flexibility index (Phi) is 13.7. The number of hydrogen-bond donors (Lipinski definition) is 9. The van der Waals surface area contributed by atoms with Crippen molar-refractivity contribution >= 4 is 124 Å². The van der Waals surface area contributed by atoms with Crippen molar-refractivity contribution in [2.24, 2.45) is 40.9 Å². The van der Waals surface area contributed by atoms with E-state index in [0.717, 1.165) is 18.2 Å². The SMILES string of the molecule is COc1ccc(N=Nc2c(S(=O)(=O)O)cc3cc(S(=O)(=O)O)c(N=Nc4c(S(=O)(=O)O)cc5ccc(N=Nc6ccc7c(O)c(N=Nc8ccc(CO)cc8S(=O)(=O)O)ccc7c6)c(O)c5c4N)cc3c2O)cc1. The molecule has 0 saturated carbocycles. The van der Waals surface area contributed by atoms with Gasteiger partial charge in [0.2, 0.25) is 0 Å². The summed E-state index contributed by atoms with van der Waals surface area (Å²) >= 11 is 0. The first-order valence-electron chi connectivity index (χ1n) is 20.4. The summed E-state index contributed by atoms with van der Waals surface area (Å²) in [7, 11) is -19.1. The number of nitrogen functional groups attached to an aromatic ring is 1. The average molecular weight is 1090 g/mol. The lowest BCUT2D eigenvalue weighted by Crippen LogP contribution is -2.02. The second kappa shape index (κ2) is 19.5. The van der Waals surface area contributed by atoms with Crippen LogP contribution in [0.2, 0.25) is 0 Å². The fourth-order valence-corrected chi connectivity index (χ4v) is 9.88. The number of hydrogen-bond acceptors (Lipinski definition) is 22. The van der Waals surface area contributed by atoms with Gasteiger partial charge in [-0.3, -0.25) is 18.2 Å². The van der Waals surface area contributed by atoms with E-state index in [0.29, 0.717) is 23.3 Å². The molecule has 0 aliphatic rings. The molecule has 74 heavy (non-hydrogen) atoms. The number of aromatic hydroxyl groups is 3. The van der Waals surface area contributed by atoms with Gasteiger partial charge >= 0.3 is 0 Å². The van der Waals surface area contributed by atoms with E-state index >= 15 is 0 Å². The van der Waals surface area contributed by atoms with Gasteiger partial charge in [-0.2, -0.15) is 43.9 Å². The minimum absolute atomic E-state index is 0.0967. The lowest BCUT2D eigenvalue weighted by atomic mass is 10.1. The van der Waals surface area contributed by atoms with Gasteiger partial charge in [-0.05, 0) is 113 Å². The van der Waals surface area contributed by atoms with Crippen molar-refractivity contribution < 1.29 is 77.0 Å². The molecule has 0 aliphatic heterocycles. The molecule has 0 amide bonds. The number of phenolic OH excluding ortho intramolecular Hbond substituents is 3. The van der Waals surface area contributed by atoms with Crippen LogP contribution in [0.5, 0.6) is 23.0 Å². The maximum atomic E-state index is 12.7. The van der Waals surface area contributed by atoms with Gasteiger partial charge in [0.1, 0.15) is 59.5 Å². The zero-order chi connectivity index (χ0) is 53.7. The number of phenols is 3. The molecule has 0 spiro atoms. The van der Waals surface area contributed by atoms with Crippen LogP contribution in [0.1, 0.15) is 5.56 Å². The van der Waals surface area contributed by atoms with Crippen molar-refractivity contribution in [1.29, 1.82) is 0 Å². The molecule has 0 atom stereocenters. The molecule has 30 heteroatoms. The molecule has 10 N–H and O–H groups in total. The van der Waals surface area contributed by atoms with E-state index in [2.05, 4.69) is 40.9 Å². The number of aliphatic hydroxyl groups excluding tert-OH is 1. The molecule has 0 aliphatic carbocycles. The standard InChI is InChI=1S/C44H33N9O17S4/c1-70-27-8-5-25(6-9-27)46-53-41-37(74(67,68)69)18-24-17-35(72(61,62)63)33(19-29(24)43(41)56)51-52-40-36(73(64,65)66)16-23-4-13-32(44(57)38(23)39(40)45)49-47-26-7-10-28-22(15-26)3-12-31(42(28)55)50-48-30-11-2-21(20-54)14-34(30)71(58,59)60/h2-19,54-57H,20,45H2,1H3,(H,58,59,60)(H,61,62,63)(H,64,65,66)(H,67,68,69). The van der Waals surface area contributed by atoms with Crippen molar-refractivity contribution in [3.8, 4) is 23.0 Å². The van der Waals surface area contributed by atoms with Gasteiger partial charge in [0, 0.05) is 10.8 Å². The van der Waals surface area contributed by atoms with Crippen LogP contribution in [0.3, 0.4) is 0 Å². The van der Waals surface area contributed by atoms with Gasteiger partial charge in [-0.25, -0.2) is 0 Å². The van der Waals surface area contributed by atoms with Crippen molar-refractivity contribution in [2.45, 2.75) is 26.2 Å². The number of azo groups is 4. The predicted octanol–water partition coefficient (Wildman–Crippen LogP) is 9.99. The largest absolute Gasteiger partial charge is 0.505 e. The van der Waals surface area contributed by atoms with E-state index < -0.39 is 112 Å². The number of aliphatic hydroxyl groups is 1. The van der Waals surface area contributed by atoms with E-state index in [1.165, 1.54) is 86.0 Å². The van der Waals surface area contributed by atoms with Gasteiger partial charge in [0.25, 0.3) is 40.5 Å². The number of fused-ring (bicyclic) bond motifs is 3. The molecule has 8 aromatic rings. The third-order valence-electron chi connectivity index (χ3n) is 10.8. The van der Waals surface area contributed by atoms with E-state index in [1.54, 1.807) is 0 Å². The van der Waals surface area contributed by atoms with Gasteiger partial charge in [0.05, 0.1) is 36.2 Å². The summed E-state index contributed by atoms with van der Waals surface area (Å²) in [6, 6.07) is 22.0. The van der Waals surface area contributed by atoms with E-state index in [9.17, 15) is 72.3 Å². The summed E-state index contributed by atoms with van der Waals surface area (Å²) in [5.41, 5.74) is 3.02. The number of rotatable bonds is 14. The maximum absolute atomic E-state index is 12.7. The highest BCUT2D eigenvalue weighted by Crippen LogP contribution is 2.48. The summed E-state index contributed by atoms with van der Waals surface area (Å²) in [5.74, 6) is -1.66. The lowest BCUT2D eigenvalue weighted by molar-refractivity contribution is 0.281. The van der Waals surface area contributed by atoms with Crippen LogP contribution in [0.4, 0.5) is 51.2 Å². The molecule has 0 unspecified atom stereocenters. The maximum Gasteiger partial charge on any atom is 0.296 e. The first-order chi connectivity index (χ1) is 34.8. The van der Waals surface area contributed by atoms with Crippen LogP contribution in [0.15, 0.2) is 170 Å². The number of anilines is 1.